The first kappa shape index (κ1) is 11.0. The molecule has 14 heavy (non-hydrogen) atoms. The van der Waals surface area contributed by atoms with Crippen molar-refractivity contribution in [2.75, 3.05) is 13.7 Å². The molecule has 1 aromatic carbocycles. The molecule has 0 amide bonds. The van der Waals surface area contributed by atoms with Gasteiger partial charge in [0.15, 0.2) is 11.6 Å². The Balaban J connectivity index is 2.76. The van der Waals surface area contributed by atoms with Crippen LogP contribution in [0.2, 0.25) is 0 Å². The van der Waals surface area contributed by atoms with Crippen molar-refractivity contribution in [1.29, 1.82) is 0 Å². The number of aliphatic hydroxyl groups is 1. The van der Waals surface area contributed by atoms with Gasteiger partial charge in [-0.2, -0.15) is 0 Å². The first-order chi connectivity index (χ1) is 6.67. The van der Waals surface area contributed by atoms with Gasteiger partial charge in [-0.05, 0) is 30.0 Å². The molecular formula is C11H15FO2. The Labute approximate surface area is 83.3 Å². The summed E-state index contributed by atoms with van der Waals surface area (Å²) < 4.78 is 18.0. The van der Waals surface area contributed by atoms with Crippen molar-refractivity contribution < 1.29 is 14.2 Å². The van der Waals surface area contributed by atoms with Crippen molar-refractivity contribution >= 4 is 0 Å². The molecular weight excluding hydrogens is 183 g/mol. The van der Waals surface area contributed by atoms with Gasteiger partial charge in [0.25, 0.3) is 0 Å². The van der Waals surface area contributed by atoms with Crippen LogP contribution in [0.25, 0.3) is 0 Å². The number of methoxy groups -OCH3 is 1. The van der Waals surface area contributed by atoms with Crippen LogP contribution in [0.15, 0.2) is 18.2 Å². The van der Waals surface area contributed by atoms with Crippen LogP contribution in [0.5, 0.6) is 5.75 Å². The van der Waals surface area contributed by atoms with Gasteiger partial charge in [0, 0.05) is 6.61 Å². The lowest BCUT2D eigenvalue weighted by molar-refractivity contribution is 0.237. The van der Waals surface area contributed by atoms with Crippen molar-refractivity contribution in [2.45, 2.75) is 13.3 Å². The summed E-state index contributed by atoms with van der Waals surface area (Å²) in [6.45, 7) is 2.04. The summed E-state index contributed by atoms with van der Waals surface area (Å²) in [7, 11) is 1.44. The molecule has 1 aromatic rings. The minimum Gasteiger partial charge on any atom is -0.494 e. The van der Waals surface area contributed by atoms with Crippen molar-refractivity contribution in [2.24, 2.45) is 5.92 Å². The predicted molar refractivity (Wildman–Crippen MR) is 52.9 cm³/mol. The third kappa shape index (κ3) is 2.70. The van der Waals surface area contributed by atoms with E-state index in [4.69, 9.17) is 9.84 Å². The van der Waals surface area contributed by atoms with Gasteiger partial charge < -0.3 is 9.84 Å². The van der Waals surface area contributed by atoms with Crippen LogP contribution < -0.4 is 4.74 Å². The Bertz CT molecular complexity index is 299. The molecule has 0 spiro atoms. The summed E-state index contributed by atoms with van der Waals surface area (Å²) in [4.78, 5) is 0. The Morgan fingerprint density at radius 2 is 2.21 bits per heavy atom. The zero-order chi connectivity index (χ0) is 10.6. The average molecular weight is 198 g/mol. The van der Waals surface area contributed by atoms with Crippen LogP contribution in [0.3, 0.4) is 0 Å². The molecule has 0 heterocycles. The van der Waals surface area contributed by atoms with E-state index < -0.39 is 0 Å². The van der Waals surface area contributed by atoms with Crippen molar-refractivity contribution in [3.8, 4) is 5.75 Å². The maximum absolute atomic E-state index is 13.2. The smallest absolute Gasteiger partial charge is 0.165 e. The van der Waals surface area contributed by atoms with Crippen LogP contribution in [-0.4, -0.2) is 18.8 Å². The van der Waals surface area contributed by atoms with Gasteiger partial charge in [-0.1, -0.05) is 13.0 Å². The van der Waals surface area contributed by atoms with Crippen molar-refractivity contribution in [3.05, 3.63) is 29.6 Å². The quantitative estimate of drug-likeness (QED) is 0.801. The van der Waals surface area contributed by atoms with Crippen LogP contribution in [0.4, 0.5) is 4.39 Å². The van der Waals surface area contributed by atoms with E-state index in [1.54, 1.807) is 6.07 Å². The largest absolute Gasteiger partial charge is 0.494 e. The van der Waals surface area contributed by atoms with E-state index in [1.165, 1.54) is 13.2 Å². The number of rotatable bonds is 4. The molecule has 0 bridgehead atoms. The molecule has 0 aliphatic rings. The Kier molecular flexibility index (Phi) is 3.89. The molecule has 0 aromatic heterocycles. The van der Waals surface area contributed by atoms with Crippen LogP contribution in [0, 0.1) is 11.7 Å². The third-order valence-electron chi connectivity index (χ3n) is 2.11. The van der Waals surface area contributed by atoms with E-state index in [0.29, 0.717) is 6.42 Å². The number of aliphatic hydroxyl groups excluding tert-OH is 1. The average Bonchev–Trinajstić information content (AvgIpc) is 2.18. The molecule has 1 rings (SSSR count). The topological polar surface area (TPSA) is 29.5 Å². The Hall–Kier alpha value is -1.09. The van der Waals surface area contributed by atoms with Gasteiger partial charge >= 0.3 is 0 Å². The second kappa shape index (κ2) is 4.96. The van der Waals surface area contributed by atoms with Gasteiger partial charge in [-0.25, -0.2) is 4.39 Å². The maximum Gasteiger partial charge on any atom is 0.165 e. The normalized spacial score (nSPS) is 12.6. The summed E-state index contributed by atoms with van der Waals surface area (Å²) >= 11 is 0. The number of hydrogen-bond acceptors (Lipinski definition) is 2. The Morgan fingerprint density at radius 1 is 1.50 bits per heavy atom. The highest BCUT2D eigenvalue weighted by molar-refractivity contribution is 5.29. The molecule has 0 radical (unpaired) electrons. The number of halogens is 1. The molecule has 0 saturated carbocycles. The molecule has 1 unspecified atom stereocenters. The van der Waals surface area contributed by atoms with E-state index in [9.17, 15) is 4.39 Å². The van der Waals surface area contributed by atoms with Crippen molar-refractivity contribution in [3.63, 3.8) is 0 Å². The van der Waals surface area contributed by atoms with E-state index in [0.717, 1.165) is 5.56 Å². The fourth-order valence-electron chi connectivity index (χ4n) is 1.30. The van der Waals surface area contributed by atoms with Gasteiger partial charge in [0.2, 0.25) is 0 Å². The van der Waals surface area contributed by atoms with Gasteiger partial charge in [-0.3, -0.25) is 0 Å². The number of benzene rings is 1. The zero-order valence-electron chi connectivity index (χ0n) is 8.46. The van der Waals surface area contributed by atoms with Gasteiger partial charge in [0.05, 0.1) is 7.11 Å². The molecule has 0 aliphatic heterocycles. The highest BCUT2D eigenvalue weighted by atomic mass is 19.1. The van der Waals surface area contributed by atoms with Crippen molar-refractivity contribution in [1.82, 2.24) is 0 Å². The summed E-state index contributed by atoms with van der Waals surface area (Å²) in [6, 6.07) is 4.87. The molecule has 2 nitrogen and oxygen atoms in total. The predicted octanol–water partition coefficient (Wildman–Crippen LogP) is 2.01. The van der Waals surface area contributed by atoms with Crippen LogP contribution in [0.1, 0.15) is 12.5 Å². The molecule has 78 valence electrons. The maximum atomic E-state index is 13.2. The fraction of sp³-hybridized carbons (Fsp3) is 0.455. The van der Waals surface area contributed by atoms with E-state index >= 15 is 0 Å². The molecule has 0 fully saturated rings. The SMILES string of the molecule is COc1ccc(CC(C)CO)cc1F. The Morgan fingerprint density at radius 3 is 2.71 bits per heavy atom. The monoisotopic (exact) mass is 198 g/mol. The zero-order valence-corrected chi connectivity index (χ0v) is 8.46. The van der Waals surface area contributed by atoms with Crippen LogP contribution in [-0.2, 0) is 6.42 Å². The first-order valence-electron chi connectivity index (χ1n) is 4.60. The highest BCUT2D eigenvalue weighted by Gasteiger charge is 2.06. The van der Waals surface area contributed by atoms with Gasteiger partial charge in [0.1, 0.15) is 0 Å². The second-order valence-electron chi connectivity index (χ2n) is 3.46. The molecule has 1 atom stereocenters. The molecule has 0 saturated heterocycles. The minimum atomic E-state index is -0.352. The molecule has 3 heteroatoms. The van der Waals surface area contributed by atoms with E-state index in [2.05, 4.69) is 0 Å². The number of hydrogen-bond donors (Lipinski definition) is 1. The standard InChI is InChI=1S/C11H15FO2/c1-8(7-13)5-9-3-4-11(14-2)10(12)6-9/h3-4,6,8,13H,5,7H2,1-2H3. The lowest BCUT2D eigenvalue weighted by Crippen LogP contribution is -2.04. The van der Waals surface area contributed by atoms with Gasteiger partial charge in [-0.15, -0.1) is 0 Å². The summed E-state index contributed by atoms with van der Waals surface area (Å²) in [5, 5.41) is 8.85. The summed E-state index contributed by atoms with van der Waals surface area (Å²) in [5.41, 5.74) is 0.879. The van der Waals surface area contributed by atoms with E-state index in [-0.39, 0.29) is 24.1 Å². The fourth-order valence-corrected chi connectivity index (χ4v) is 1.30. The third-order valence-corrected chi connectivity index (χ3v) is 2.11. The summed E-state index contributed by atoms with van der Waals surface area (Å²) in [6.07, 6.45) is 0.678. The lowest BCUT2D eigenvalue weighted by Gasteiger charge is -2.08. The van der Waals surface area contributed by atoms with Crippen LogP contribution >= 0.6 is 0 Å². The van der Waals surface area contributed by atoms with E-state index in [1.807, 2.05) is 13.0 Å². The second-order valence-corrected chi connectivity index (χ2v) is 3.46. The molecule has 0 aliphatic carbocycles. The lowest BCUT2D eigenvalue weighted by atomic mass is 10.0. The summed E-state index contributed by atoms with van der Waals surface area (Å²) in [5.74, 6) is 0.0586. The first-order valence-corrected chi connectivity index (χ1v) is 4.60. The number of ether oxygens (including phenoxy) is 1. The minimum absolute atomic E-state index is 0.119. The molecule has 1 N–H and O–H groups in total. The highest BCUT2D eigenvalue weighted by Crippen LogP contribution is 2.19.